The van der Waals surface area contributed by atoms with Crippen molar-refractivity contribution in [3.8, 4) is 0 Å². The summed E-state index contributed by atoms with van der Waals surface area (Å²) < 4.78 is 0. The first-order valence-electron chi connectivity index (χ1n) is 7.96. The highest BCUT2D eigenvalue weighted by Crippen LogP contribution is 2.35. The molecule has 0 aliphatic carbocycles. The van der Waals surface area contributed by atoms with E-state index in [0.717, 1.165) is 0 Å². The molecule has 2 amide bonds. The summed E-state index contributed by atoms with van der Waals surface area (Å²) >= 11 is 0. The van der Waals surface area contributed by atoms with Crippen molar-refractivity contribution in [2.75, 3.05) is 19.6 Å². The largest absolute Gasteiger partial charge is 0.330 e. The normalized spacial score (nSPS) is 13.8. The minimum absolute atomic E-state index is 0.0228. The van der Waals surface area contributed by atoms with Gasteiger partial charge in [-0.05, 0) is 43.6 Å². The zero-order valence-corrected chi connectivity index (χ0v) is 13.5. The molecule has 1 aliphatic rings. The Kier molecular flexibility index (Phi) is 4.47. The van der Waals surface area contributed by atoms with E-state index in [1.165, 1.54) is 17.0 Å². The molecule has 0 radical (unpaired) electrons. The fourth-order valence-electron chi connectivity index (χ4n) is 3.14. The van der Waals surface area contributed by atoms with Crippen LogP contribution in [0.15, 0.2) is 30.3 Å². The fraction of sp³-hybridized carbons (Fsp3) is 0.294. The summed E-state index contributed by atoms with van der Waals surface area (Å²) in [6, 6.07) is 7.43. The van der Waals surface area contributed by atoms with E-state index in [1.54, 1.807) is 18.2 Å². The maximum atomic E-state index is 12.8. The maximum Gasteiger partial charge on any atom is 0.277 e. The number of nitrogens with two attached hydrogens (primary N) is 2. The lowest BCUT2D eigenvalue weighted by molar-refractivity contribution is -0.383. The zero-order valence-electron chi connectivity index (χ0n) is 13.5. The minimum Gasteiger partial charge on any atom is -0.330 e. The molecule has 0 saturated heterocycles. The second-order valence-corrected chi connectivity index (χ2v) is 6.01. The third kappa shape index (κ3) is 2.75. The standard InChI is InChI=1S/C17H18N4O4/c18-8-10(9-19)6-7-20-16(22)12-3-1-2-11-14(21(24)25)5-4-13(15(11)12)17(20)23/h1-5,10H,6-9,18-19H2. The number of carbonyl (C=O) groups is 2. The summed E-state index contributed by atoms with van der Waals surface area (Å²) in [6.45, 7) is 0.972. The molecule has 2 aromatic rings. The van der Waals surface area contributed by atoms with Gasteiger partial charge in [0.1, 0.15) is 0 Å². The Labute approximate surface area is 143 Å². The molecule has 0 saturated carbocycles. The van der Waals surface area contributed by atoms with E-state index in [2.05, 4.69) is 0 Å². The van der Waals surface area contributed by atoms with Crippen molar-refractivity contribution >= 4 is 28.3 Å². The minimum atomic E-state index is -0.517. The van der Waals surface area contributed by atoms with Crippen molar-refractivity contribution in [2.24, 2.45) is 17.4 Å². The van der Waals surface area contributed by atoms with Gasteiger partial charge in [0.05, 0.1) is 10.3 Å². The number of hydrogen-bond donors (Lipinski definition) is 2. The van der Waals surface area contributed by atoms with E-state index < -0.39 is 16.7 Å². The van der Waals surface area contributed by atoms with E-state index in [4.69, 9.17) is 11.5 Å². The van der Waals surface area contributed by atoms with Crippen molar-refractivity contribution in [3.63, 3.8) is 0 Å². The molecule has 0 atom stereocenters. The highest BCUT2D eigenvalue weighted by molar-refractivity contribution is 6.26. The van der Waals surface area contributed by atoms with Crippen molar-refractivity contribution in [3.05, 3.63) is 51.6 Å². The first-order valence-corrected chi connectivity index (χ1v) is 7.96. The SMILES string of the molecule is NCC(CN)CCN1C(=O)c2cccc3c([N+](=O)[O-])ccc(c23)C1=O. The van der Waals surface area contributed by atoms with Gasteiger partial charge in [0.2, 0.25) is 0 Å². The molecule has 0 fully saturated rings. The number of non-ortho nitro benzene ring substituents is 1. The average molecular weight is 342 g/mol. The number of hydrogen-bond acceptors (Lipinski definition) is 6. The lowest BCUT2D eigenvalue weighted by Crippen LogP contribution is -2.42. The Morgan fingerprint density at radius 3 is 2.28 bits per heavy atom. The summed E-state index contributed by atoms with van der Waals surface area (Å²) in [5.41, 5.74) is 11.7. The number of benzene rings is 2. The molecule has 130 valence electrons. The van der Waals surface area contributed by atoms with Crippen molar-refractivity contribution in [1.82, 2.24) is 4.90 Å². The molecule has 0 unspecified atom stereocenters. The number of rotatable bonds is 6. The van der Waals surface area contributed by atoms with Crippen molar-refractivity contribution in [2.45, 2.75) is 6.42 Å². The van der Waals surface area contributed by atoms with E-state index in [-0.39, 0.29) is 18.2 Å². The summed E-state index contributed by atoms with van der Waals surface area (Å²) in [5.74, 6) is -0.873. The van der Waals surface area contributed by atoms with Gasteiger partial charge in [0.15, 0.2) is 0 Å². The Balaban J connectivity index is 2.06. The smallest absolute Gasteiger partial charge is 0.277 e. The predicted octanol–water partition coefficient (Wildman–Crippen LogP) is 1.27. The molecule has 1 aliphatic heterocycles. The number of nitrogens with zero attached hydrogens (tertiary/aromatic N) is 2. The van der Waals surface area contributed by atoms with Gasteiger partial charge in [0.25, 0.3) is 17.5 Å². The molecule has 2 aromatic carbocycles. The Morgan fingerprint density at radius 1 is 1.04 bits per heavy atom. The van der Waals surface area contributed by atoms with Gasteiger partial charge >= 0.3 is 0 Å². The first kappa shape index (κ1) is 17.0. The third-order valence-electron chi connectivity index (χ3n) is 4.59. The molecule has 0 bridgehead atoms. The number of nitro benzene ring substituents is 1. The van der Waals surface area contributed by atoms with E-state index in [0.29, 0.717) is 41.4 Å². The Morgan fingerprint density at radius 2 is 1.68 bits per heavy atom. The van der Waals surface area contributed by atoms with Crippen LogP contribution >= 0.6 is 0 Å². The van der Waals surface area contributed by atoms with E-state index in [9.17, 15) is 19.7 Å². The predicted molar refractivity (Wildman–Crippen MR) is 92.2 cm³/mol. The van der Waals surface area contributed by atoms with Gasteiger partial charge in [-0.2, -0.15) is 0 Å². The zero-order chi connectivity index (χ0) is 18.1. The van der Waals surface area contributed by atoms with Gasteiger partial charge in [-0.3, -0.25) is 24.6 Å². The molecule has 1 heterocycles. The van der Waals surface area contributed by atoms with Crippen LogP contribution in [0.1, 0.15) is 27.1 Å². The second-order valence-electron chi connectivity index (χ2n) is 6.01. The summed E-state index contributed by atoms with van der Waals surface area (Å²) in [4.78, 5) is 37.4. The van der Waals surface area contributed by atoms with Gasteiger partial charge in [-0.25, -0.2) is 0 Å². The Hall–Kier alpha value is -2.84. The number of amides is 2. The lowest BCUT2D eigenvalue weighted by atomic mass is 9.92. The summed E-state index contributed by atoms with van der Waals surface area (Å²) in [5, 5.41) is 11.9. The average Bonchev–Trinajstić information content (AvgIpc) is 2.62. The molecule has 8 heteroatoms. The highest BCUT2D eigenvalue weighted by atomic mass is 16.6. The third-order valence-corrected chi connectivity index (χ3v) is 4.59. The van der Waals surface area contributed by atoms with Crippen LogP contribution in [0.3, 0.4) is 0 Å². The fourth-order valence-corrected chi connectivity index (χ4v) is 3.14. The molecule has 3 rings (SSSR count). The lowest BCUT2D eigenvalue weighted by Gasteiger charge is -2.28. The van der Waals surface area contributed by atoms with Gasteiger partial charge in [0, 0.05) is 29.1 Å². The van der Waals surface area contributed by atoms with Crippen LogP contribution in [0.25, 0.3) is 10.8 Å². The van der Waals surface area contributed by atoms with Gasteiger partial charge < -0.3 is 11.5 Å². The molecule has 8 nitrogen and oxygen atoms in total. The molecular formula is C17H18N4O4. The maximum absolute atomic E-state index is 12.8. The molecular weight excluding hydrogens is 324 g/mol. The van der Waals surface area contributed by atoms with Crippen LogP contribution in [-0.4, -0.2) is 41.3 Å². The van der Waals surface area contributed by atoms with Crippen LogP contribution in [0.2, 0.25) is 0 Å². The second kappa shape index (κ2) is 6.58. The van der Waals surface area contributed by atoms with Gasteiger partial charge in [-0.15, -0.1) is 0 Å². The Bertz CT molecular complexity index is 854. The number of nitro groups is 1. The topological polar surface area (TPSA) is 133 Å². The van der Waals surface area contributed by atoms with E-state index >= 15 is 0 Å². The van der Waals surface area contributed by atoms with Crippen LogP contribution in [-0.2, 0) is 0 Å². The summed E-state index contributed by atoms with van der Waals surface area (Å²) in [6.07, 6.45) is 0.517. The van der Waals surface area contributed by atoms with Crippen LogP contribution in [0, 0.1) is 16.0 Å². The molecule has 4 N–H and O–H groups in total. The summed E-state index contributed by atoms with van der Waals surface area (Å²) in [7, 11) is 0. The van der Waals surface area contributed by atoms with Crippen LogP contribution < -0.4 is 11.5 Å². The molecule has 0 aromatic heterocycles. The molecule has 25 heavy (non-hydrogen) atoms. The van der Waals surface area contributed by atoms with E-state index in [1.807, 2.05) is 0 Å². The quantitative estimate of drug-likeness (QED) is 0.461. The van der Waals surface area contributed by atoms with Crippen LogP contribution in [0.4, 0.5) is 5.69 Å². The first-order chi connectivity index (χ1) is 12.0. The monoisotopic (exact) mass is 342 g/mol. The van der Waals surface area contributed by atoms with Gasteiger partial charge in [-0.1, -0.05) is 6.07 Å². The van der Waals surface area contributed by atoms with Crippen LogP contribution in [0.5, 0.6) is 0 Å². The highest BCUT2D eigenvalue weighted by Gasteiger charge is 2.34. The number of imide groups is 1. The van der Waals surface area contributed by atoms with Crippen molar-refractivity contribution < 1.29 is 14.5 Å². The van der Waals surface area contributed by atoms with Crippen molar-refractivity contribution in [1.29, 1.82) is 0 Å². The number of carbonyl (C=O) groups excluding carboxylic acids is 2. The molecule has 0 spiro atoms.